The van der Waals surface area contributed by atoms with Crippen LogP contribution >= 0.6 is 11.8 Å². The van der Waals surface area contributed by atoms with Crippen LogP contribution in [0.25, 0.3) is 0 Å². The van der Waals surface area contributed by atoms with Gasteiger partial charge in [0, 0.05) is 0 Å². The van der Waals surface area contributed by atoms with Gasteiger partial charge in [-0.05, 0) is 30.4 Å². The first-order valence-corrected chi connectivity index (χ1v) is 7.76. The first-order valence-electron chi connectivity index (χ1n) is 6.37. The normalized spacial score (nSPS) is 13.8. The monoisotopic (exact) mass is 282 g/mol. The number of carbonyl (C=O) groups excluding carboxylic acids is 1. The van der Waals surface area contributed by atoms with E-state index in [2.05, 4.69) is 5.32 Å². The Kier molecular flexibility index (Phi) is 7.55. The molecule has 0 bridgehead atoms. The van der Waals surface area contributed by atoms with Crippen molar-refractivity contribution in [2.75, 3.05) is 18.6 Å². The van der Waals surface area contributed by atoms with Crippen LogP contribution in [-0.2, 0) is 11.2 Å². The number of benzene rings is 1. The molecule has 0 aliphatic heterocycles. The summed E-state index contributed by atoms with van der Waals surface area (Å²) in [6.45, 7) is -0.0874. The molecular weight excluding hydrogens is 260 g/mol. The smallest absolute Gasteiger partial charge is 0.237 e. The van der Waals surface area contributed by atoms with E-state index in [0.717, 1.165) is 11.3 Å². The molecule has 2 atom stereocenters. The van der Waals surface area contributed by atoms with Gasteiger partial charge in [-0.2, -0.15) is 11.8 Å². The Labute approximate surface area is 118 Å². The molecule has 1 rings (SSSR count). The third kappa shape index (κ3) is 6.09. The second-order valence-electron chi connectivity index (χ2n) is 4.47. The molecule has 0 spiro atoms. The van der Waals surface area contributed by atoms with E-state index in [4.69, 9.17) is 5.73 Å². The number of nitrogens with two attached hydrogens (primary N) is 1. The average Bonchev–Trinajstić information content (AvgIpc) is 2.44. The zero-order valence-electron chi connectivity index (χ0n) is 11.2. The molecule has 0 aliphatic rings. The van der Waals surface area contributed by atoms with Gasteiger partial charge in [-0.1, -0.05) is 30.3 Å². The van der Waals surface area contributed by atoms with E-state index >= 15 is 0 Å². The minimum atomic E-state index is -0.503. The lowest BCUT2D eigenvalue weighted by Crippen LogP contribution is -2.47. The summed E-state index contributed by atoms with van der Waals surface area (Å²) in [6.07, 6.45) is 3.24. The van der Waals surface area contributed by atoms with E-state index in [-0.39, 0.29) is 18.6 Å². The highest BCUT2D eigenvalue weighted by molar-refractivity contribution is 7.98. The number of thioether (sulfide) groups is 1. The highest BCUT2D eigenvalue weighted by atomic mass is 32.2. The average molecular weight is 282 g/mol. The summed E-state index contributed by atoms with van der Waals surface area (Å²) >= 11 is 1.67. The Morgan fingerprint density at radius 3 is 2.68 bits per heavy atom. The highest BCUT2D eigenvalue weighted by Crippen LogP contribution is 2.04. The summed E-state index contributed by atoms with van der Waals surface area (Å²) < 4.78 is 0. The van der Waals surface area contributed by atoms with Crippen LogP contribution in [0.3, 0.4) is 0 Å². The van der Waals surface area contributed by atoms with Crippen molar-refractivity contribution in [3.05, 3.63) is 35.9 Å². The summed E-state index contributed by atoms with van der Waals surface area (Å²) in [5.74, 6) is 0.667. The molecule has 19 heavy (non-hydrogen) atoms. The zero-order valence-corrected chi connectivity index (χ0v) is 12.0. The first kappa shape index (κ1) is 16.0. The number of hydrogen-bond acceptors (Lipinski definition) is 4. The molecule has 1 aromatic rings. The van der Waals surface area contributed by atoms with Crippen molar-refractivity contribution in [1.29, 1.82) is 0 Å². The molecule has 0 fully saturated rings. The van der Waals surface area contributed by atoms with Crippen molar-refractivity contribution in [3.63, 3.8) is 0 Å². The molecular formula is C14H22N2O2S. The Bertz CT molecular complexity index is 373. The van der Waals surface area contributed by atoms with E-state index in [0.29, 0.717) is 12.8 Å². The largest absolute Gasteiger partial charge is 0.394 e. The highest BCUT2D eigenvalue weighted by Gasteiger charge is 2.17. The summed E-state index contributed by atoms with van der Waals surface area (Å²) in [6, 6.07) is 8.98. The van der Waals surface area contributed by atoms with Gasteiger partial charge in [-0.25, -0.2) is 0 Å². The van der Waals surface area contributed by atoms with E-state index in [1.54, 1.807) is 11.8 Å². The molecule has 0 saturated heterocycles. The maximum absolute atomic E-state index is 11.9. The van der Waals surface area contributed by atoms with Gasteiger partial charge in [0.2, 0.25) is 5.91 Å². The number of aliphatic hydroxyl groups is 1. The molecule has 0 aromatic heterocycles. The molecule has 0 aliphatic carbocycles. The summed E-state index contributed by atoms with van der Waals surface area (Å²) in [7, 11) is 0. The maximum atomic E-state index is 11.9. The van der Waals surface area contributed by atoms with E-state index in [9.17, 15) is 9.90 Å². The Morgan fingerprint density at radius 1 is 1.42 bits per heavy atom. The summed E-state index contributed by atoms with van der Waals surface area (Å²) in [4.78, 5) is 11.9. The van der Waals surface area contributed by atoms with Gasteiger partial charge in [0.1, 0.15) is 0 Å². The van der Waals surface area contributed by atoms with Crippen LogP contribution in [0.2, 0.25) is 0 Å². The second-order valence-corrected chi connectivity index (χ2v) is 5.45. The molecule has 4 N–H and O–H groups in total. The molecule has 106 valence electrons. The lowest BCUT2D eigenvalue weighted by Gasteiger charge is -2.19. The maximum Gasteiger partial charge on any atom is 0.237 e. The Hall–Kier alpha value is -1.04. The van der Waals surface area contributed by atoms with Gasteiger partial charge >= 0.3 is 0 Å². The van der Waals surface area contributed by atoms with Gasteiger partial charge in [-0.15, -0.1) is 0 Å². The van der Waals surface area contributed by atoms with Crippen LogP contribution in [0.5, 0.6) is 0 Å². The van der Waals surface area contributed by atoms with Crippen molar-refractivity contribution in [3.8, 4) is 0 Å². The van der Waals surface area contributed by atoms with E-state index < -0.39 is 6.04 Å². The van der Waals surface area contributed by atoms with Crippen LogP contribution < -0.4 is 11.1 Å². The predicted molar refractivity (Wildman–Crippen MR) is 80.1 cm³/mol. The number of amides is 1. The quantitative estimate of drug-likeness (QED) is 0.659. The van der Waals surface area contributed by atoms with Gasteiger partial charge < -0.3 is 16.2 Å². The van der Waals surface area contributed by atoms with E-state index in [1.165, 1.54) is 0 Å². The third-order valence-corrected chi connectivity index (χ3v) is 3.51. The fourth-order valence-corrected chi connectivity index (χ4v) is 2.23. The van der Waals surface area contributed by atoms with E-state index in [1.807, 2.05) is 36.6 Å². The Morgan fingerprint density at radius 2 is 2.11 bits per heavy atom. The number of rotatable bonds is 8. The van der Waals surface area contributed by atoms with Crippen LogP contribution in [-0.4, -0.2) is 41.7 Å². The number of carbonyl (C=O) groups is 1. The number of aliphatic hydroxyl groups excluding tert-OH is 1. The molecule has 5 heteroatoms. The molecule has 1 unspecified atom stereocenters. The van der Waals surface area contributed by atoms with Gasteiger partial charge in [0.15, 0.2) is 0 Å². The second kappa shape index (κ2) is 8.96. The van der Waals surface area contributed by atoms with Crippen molar-refractivity contribution < 1.29 is 9.90 Å². The van der Waals surface area contributed by atoms with Crippen LogP contribution in [0.4, 0.5) is 0 Å². The standard InChI is InChI=1S/C14H22N2O2S/c1-19-8-7-13(15)14(18)16-12(10-17)9-11-5-3-2-4-6-11/h2-6,12-13,17H,7-10,15H2,1H3,(H,16,18)/t12?,13-/m0/s1. The summed E-state index contributed by atoms with van der Waals surface area (Å²) in [5, 5.41) is 12.1. The molecule has 0 saturated carbocycles. The van der Waals surface area contributed by atoms with Crippen LogP contribution in [0, 0.1) is 0 Å². The van der Waals surface area contributed by atoms with Crippen molar-refractivity contribution in [2.45, 2.75) is 24.9 Å². The molecule has 1 amide bonds. The number of hydrogen-bond donors (Lipinski definition) is 3. The minimum absolute atomic E-state index is 0.0874. The fourth-order valence-electron chi connectivity index (χ4n) is 1.74. The minimum Gasteiger partial charge on any atom is -0.394 e. The molecule has 0 radical (unpaired) electrons. The van der Waals surface area contributed by atoms with Gasteiger partial charge in [0.25, 0.3) is 0 Å². The topological polar surface area (TPSA) is 75.4 Å². The van der Waals surface area contributed by atoms with Crippen molar-refractivity contribution in [2.24, 2.45) is 5.73 Å². The van der Waals surface area contributed by atoms with Crippen molar-refractivity contribution >= 4 is 17.7 Å². The van der Waals surface area contributed by atoms with Crippen LogP contribution in [0.1, 0.15) is 12.0 Å². The number of nitrogens with one attached hydrogen (secondary N) is 1. The van der Waals surface area contributed by atoms with Crippen molar-refractivity contribution in [1.82, 2.24) is 5.32 Å². The Balaban J connectivity index is 2.45. The SMILES string of the molecule is CSCC[C@H](N)C(=O)NC(CO)Cc1ccccc1. The van der Waals surface area contributed by atoms with Crippen LogP contribution in [0.15, 0.2) is 30.3 Å². The van der Waals surface area contributed by atoms with Gasteiger partial charge in [0.05, 0.1) is 18.7 Å². The fraction of sp³-hybridized carbons (Fsp3) is 0.500. The lowest BCUT2D eigenvalue weighted by atomic mass is 10.1. The molecule has 0 heterocycles. The predicted octanol–water partition coefficient (Wildman–Crippen LogP) is 0.787. The third-order valence-electron chi connectivity index (χ3n) is 2.86. The lowest BCUT2D eigenvalue weighted by molar-refractivity contribution is -0.123. The first-order chi connectivity index (χ1) is 9.17. The molecule has 1 aromatic carbocycles. The molecule has 4 nitrogen and oxygen atoms in total. The summed E-state index contributed by atoms with van der Waals surface area (Å²) in [5.41, 5.74) is 6.88. The van der Waals surface area contributed by atoms with Gasteiger partial charge in [-0.3, -0.25) is 4.79 Å². The zero-order chi connectivity index (χ0) is 14.1.